The number of ketones is 1. The quantitative estimate of drug-likeness (QED) is 0.595. The van der Waals surface area contributed by atoms with Crippen LogP contribution in [-0.2, 0) is 9.59 Å². The molecule has 0 fully saturated rings. The average Bonchev–Trinajstić information content (AvgIpc) is 2.55. The van der Waals surface area contributed by atoms with Crippen LogP contribution in [0, 0.1) is 0 Å². The molecule has 23 heavy (non-hydrogen) atoms. The van der Waals surface area contributed by atoms with Gasteiger partial charge in [0.05, 0.1) is 6.54 Å². The highest BCUT2D eigenvalue weighted by Crippen LogP contribution is 2.07. The van der Waals surface area contributed by atoms with Crippen LogP contribution in [0.3, 0.4) is 0 Å². The van der Waals surface area contributed by atoms with Crippen molar-refractivity contribution < 1.29 is 9.59 Å². The number of carbonyl (C=O) groups excluding carboxylic acids is 2. The fourth-order valence-electron chi connectivity index (χ4n) is 2.52. The van der Waals surface area contributed by atoms with Gasteiger partial charge in [-0.1, -0.05) is 38.5 Å². The monoisotopic (exact) mass is 318 g/mol. The van der Waals surface area contributed by atoms with Gasteiger partial charge in [0.15, 0.2) is 0 Å². The number of Topliss-reactive ketones (excluding diaryl/α,β-unsaturated/α-hetero) is 1. The molecule has 0 aliphatic carbocycles. The van der Waals surface area contributed by atoms with Crippen molar-refractivity contribution in [1.29, 1.82) is 0 Å². The van der Waals surface area contributed by atoms with Crippen molar-refractivity contribution >= 4 is 17.4 Å². The van der Waals surface area contributed by atoms with E-state index < -0.39 is 0 Å². The Morgan fingerprint density at radius 2 is 1.74 bits per heavy atom. The lowest BCUT2D eigenvalue weighted by atomic mass is 10.1. The summed E-state index contributed by atoms with van der Waals surface area (Å²) in [7, 11) is 0. The Morgan fingerprint density at radius 1 is 1.00 bits per heavy atom. The molecule has 4 nitrogen and oxygen atoms in total. The minimum Gasteiger partial charge on any atom is -0.325 e. The fourth-order valence-corrected chi connectivity index (χ4v) is 2.52. The Bertz CT molecular complexity index is 460. The van der Waals surface area contributed by atoms with Crippen molar-refractivity contribution in [2.45, 2.75) is 52.4 Å². The second-order valence-corrected chi connectivity index (χ2v) is 5.89. The van der Waals surface area contributed by atoms with Gasteiger partial charge in [0.25, 0.3) is 0 Å². The molecule has 4 heteroatoms. The molecular weight excluding hydrogens is 288 g/mol. The number of rotatable bonds is 12. The highest BCUT2D eigenvalue weighted by molar-refractivity contribution is 5.92. The normalized spacial score (nSPS) is 10.7. The van der Waals surface area contributed by atoms with E-state index in [1.165, 1.54) is 0 Å². The molecule has 0 radical (unpaired) electrons. The molecule has 0 saturated heterocycles. The molecule has 0 saturated carbocycles. The minimum atomic E-state index is 0.0332. The van der Waals surface area contributed by atoms with Crippen LogP contribution in [0.25, 0.3) is 0 Å². The van der Waals surface area contributed by atoms with E-state index in [-0.39, 0.29) is 5.91 Å². The topological polar surface area (TPSA) is 49.4 Å². The number of carbonyl (C=O) groups is 2. The van der Waals surface area contributed by atoms with Crippen LogP contribution < -0.4 is 5.32 Å². The lowest BCUT2D eigenvalue weighted by molar-refractivity contribution is -0.119. The van der Waals surface area contributed by atoms with Gasteiger partial charge in [0.1, 0.15) is 5.78 Å². The van der Waals surface area contributed by atoms with E-state index in [2.05, 4.69) is 17.1 Å². The van der Waals surface area contributed by atoms with Crippen LogP contribution >= 0.6 is 0 Å². The summed E-state index contributed by atoms with van der Waals surface area (Å²) in [5.74, 6) is 0.378. The van der Waals surface area contributed by atoms with E-state index in [1.807, 2.05) is 37.3 Å². The lowest BCUT2D eigenvalue weighted by Gasteiger charge is -2.21. The Morgan fingerprint density at radius 3 is 2.39 bits per heavy atom. The molecule has 0 bridgehead atoms. The zero-order valence-corrected chi connectivity index (χ0v) is 14.5. The standard InChI is InChI=1S/C19H30N2O2/c1-3-14-21(15-10-6-9-13-18(22)4-2)16-19(23)20-17-11-7-5-8-12-17/h5,7-8,11-12H,3-4,6,9-10,13-16H2,1-2H3,(H,20,23). The first-order valence-electron chi connectivity index (χ1n) is 8.74. The van der Waals surface area contributed by atoms with Crippen molar-refractivity contribution in [2.24, 2.45) is 0 Å². The zero-order chi connectivity index (χ0) is 16.9. The van der Waals surface area contributed by atoms with Crippen LogP contribution in [0.1, 0.15) is 52.4 Å². The number of unbranched alkanes of at least 4 members (excludes halogenated alkanes) is 2. The maximum absolute atomic E-state index is 12.1. The molecule has 0 unspecified atom stereocenters. The van der Waals surface area contributed by atoms with E-state index in [0.717, 1.165) is 44.5 Å². The molecule has 0 aliphatic rings. The molecule has 0 aliphatic heterocycles. The number of nitrogens with zero attached hydrogens (tertiary/aromatic N) is 1. The molecular formula is C19H30N2O2. The van der Waals surface area contributed by atoms with Gasteiger partial charge in [-0.05, 0) is 44.5 Å². The van der Waals surface area contributed by atoms with E-state index in [4.69, 9.17) is 0 Å². The van der Waals surface area contributed by atoms with Crippen LogP contribution in [0.4, 0.5) is 5.69 Å². The van der Waals surface area contributed by atoms with E-state index in [1.54, 1.807) is 0 Å². The average molecular weight is 318 g/mol. The highest BCUT2D eigenvalue weighted by atomic mass is 16.2. The maximum Gasteiger partial charge on any atom is 0.238 e. The number of amides is 1. The summed E-state index contributed by atoms with van der Waals surface area (Å²) in [5, 5.41) is 2.93. The summed E-state index contributed by atoms with van der Waals surface area (Å²) >= 11 is 0. The Balaban J connectivity index is 2.28. The first-order valence-corrected chi connectivity index (χ1v) is 8.74. The summed E-state index contributed by atoms with van der Waals surface area (Å²) in [5.41, 5.74) is 0.840. The van der Waals surface area contributed by atoms with E-state index >= 15 is 0 Å². The second-order valence-electron chi connectivity index (χ2n) is 5.89. The summed E-state index contributed by atoms with van der Waals surface area (Å²) in [6.45, 7) is 6.31. The smallest absolute Gasteiger partial charge is 0.238 e. The predicted octanol–water partition coefficient (Wildman–Crippen LogP) is 3.88. The number of hydrogen-bond donors (Lipinski definition) is 1. The van der Waals surface area contributed by atoms with Gasteiger partial charge in [0.2, 0.25) is 5.91 Å². The number of hydrogen-bond acceptors (Lipinski definition) is 3. The van der Waals surface area contributed by atoms with E-state index in [9.17, 15) is 9.59 Å². The molecule has 1 aromatic carbocycles. The van der Waals surface area contributed by atoms with Gasteiger partial charge in [-0.2, -0.15) is 0 Å². The lowest BCUT2D eigenvalue weighted by Crippen LogP contribution is -2.34. The molecule has 1 N–H and O–H groups in total. The predicted molar refractivity (Wildman–Crippen MR) is 95.6 cm³/mol. The third-order valence-electron chi connectivity index (χ3n) is 3.79. The molecule has 0 atom stereocenters. The van der Waals surface area contributed by atoms with Crippen LogP contribution in [0.15, 0.2) is 30.3 Å². The molecule has 0 spiro atoms. The van der Waals surface area contributed by atoms with Gasteiger partial charge in [-0.15, -0.1) is 0 Å². The van der Waals surface area contributed by atoms with Gasteiger partial charge in [-0.25, -0.2) is 0 Å². The minimum absolute atomic E-state index is 0.0332. The van der Waals surface area contributed by atoms with Crippen LogP contribution in [0.2, 0.25) is 0 Å². The molecule has 0 heterocycles. The van der Waals surface area contributed by atoms with Gasteiger partial charge in [0, 0.05) is 18.5 Å². The fraction of sp³-hybridized carbons (Fsp3) is 0.579. The first-order chi connectivity index (χ1) is 11.2. The summed E-state index contributed by atoms with van der Waals surface area (Å²) < 4.78 is 0. The maximum atomic E-state index is 12.1. The first kappa shape index (κ1) is 19.4. The van der Waals surface area contributed by atoms with Crippen molar-refractivity contribution in [3.63, 3.8) is 0 Å². The third kappa shape index (κ3) is 9.14. The Kier molecular flexibility index (Phi) is 9.96. The SMILES string of the molecule is CCCN(CCCCCC(=O)CC)CC(=O)Nc1ccccc1. The summed E-state index contributed by atoms with van der Waals surface area (Å²) in [4.78, 5) is 25.6. The highest BCUT2D eigenvalue weighted by Gasteiger charge is 2.10. The summed E-state index contributed by atoms with van der Waals surface area (Å²) in [6.07, 6.45) is 5.41. The van der Waals surface area contributed by atoms with Crippen molar-refractivity contribution in [1.82, 2.24) is 4.90 Å². The molecule has 1 rings (SSSR count). The van der Waals surface area contributed by atoms with Gasteiger partial charge in [-0.3, -0.25) is 14.5 Å². The Hall–Kier alpha value is -1.68. The zero-order valence-electron chi connectivity index (χ0n) is 14.5. The van der Waals surface area contributed by atoms with Crippen LogP contribution in [-0.4, -0.2) is 36.2 Å². The molecule has 0 aromatic heterocycles. The molecule has 128 valence electrons. The van der Waals surface area contributed by atoms with Gasteiger partial charge >= 0.3 is 0 Å². The molecule has 1 aromatic rings. The third-order valence-corrected chi connectivity index (χ3v) is 3.79. The second kappa shape index (κ2) is 11.8. The number of anilines is 1. The Labute approximate surface area is 140 Å². The van der Waals surface area contributed by atoms with Crippen molar-refractivity contribution in [3.05, 3.63) is 30.3 Å². The van der Waals surface area contributed by atoms with Crippen LogP contribution in [0.5, 0.6) is 0 Å². The van der Waals surface area contributed by atoms with Crippen molar-refractivity contribution in [3.8, 4) is 0 Å². The molecule has 1 amide bonds. The van der Waals surface area contributed by atoms with Crippen molar-refractivity contribution in [2.75, 3.05) is 25.0 Å². The number of nitrogens with one attached hydrogen (secondary N) is 1. The number of benzene rings is 1. The van der Waals surface area contributed by atoms with E-state index in [0.29, 0.717) is 25.2 Å². The van der Waals surface area contributed by atoms with Gasteiger partial charge < -0.3 is 5.32 Å². The largest absolute Gasteiger partial charge is 0.325 e. The summed E-state index contributed by atoms with van der Waals surface area (Å²) in [6, 6.07) is 9.55. The number of para-hydroxylation sites is 1.